The summed E-state index contributed by atoms with van der Waals surface area (Å²) < 4.78 is 1.63. The second-order valence-electron chi connectivity index (χ2n) is 5.29. The van der Waals surface area contributed by atoms with E-state index in [1.807, 2.05) is 30.3 Å². The molecule has 3 aromatic rings. The summed E-state index contributed by atoms with van der Waals surface area (Å²) in [4.78, 5) is 12.2. The molecule has 0 aliphatic heterocycles. The molecule has 0 bridgehead atoms. The van der Waals surface area contributed by atoms with Gasteiger partial charge in [-0.05, 0) is 29.8 Å². The molecular formula is C18H16ClN3O2. The normalized spacial score (nSPS) is 11.9. The Morgan fingerprint density at radius 3 is 2.58 bits per heavy atom. The molecule has 5 nitrogen and oxygen atoms in total. The first-order chi connectivity index (χ1) is 11.6. The van der Waals surface area contributed by atoms with Crippen LogP contribution < -0.4 is 5.32 Å². The van der Waals surface area contributed by atoms with Crippen LogP contribution in [0.25, 0.3) is 5.69 Å². The van der Waals surface area contributed by atoms with Crippen molar-refractivity contribution in [2.75, 3.05) is 6.54 Å². The minimum atomic E-state index is -0.796. The third kappa shape index (κ3) is 3.82. The van der Waals surface area contributed by atoms with Crippen molar-refractivity contribution in [1.82, 2.24) is 15.1 Å². The number of aliphatic hydroxyl groups excluding tert-OH is 1. The molecule has 1 heterocycles. The highest BCUT2D eigenvalue weighted by Gasteiger charge is 2.12. The van der Waals surface area contributed by atoms with Gasteiger partial charge < -0.3 is 10.4 Å². The van der Waals surface area contributed by atoms with Gasteiger partial charge in [-0.25, -0.2) is 4.68 Å². The lowest BCUT2D eigenvalue weighted by molar-refractivity contribution is 0.0916. The zero-order valence-corrected chi connectivity index (χ0v) is 13.5. The fraction of sp³-hybridized carbons (Fsp3) is 0.111. The number of aromatic nitrogens is 2. The Kier molecular flexibility index (Phi) is 4.93. The summed E-state index contributed by atoms with van der Waals surface area (Å²) >= 11 is 5.82. The van der Waals surface area contributed by atoms with E-state index in [2.05, 4.69) is 10.4 Å². The minimum absolute atomic E-state index is 0.108. The van der Waals surface area contributed by atoms with E-state index >= 15 is 0 Å². The number of amides is 1. The van der Waals surface area contributed by atoms with Crippen molar-refractivity contribution in [3.63, 3.8) is 0 Å². The van der Waals surface area contributed by atoms with E-state index in [9.17, 15) is 9.90 Å². The third-order valence-corrected chi connectivity index (χ3v) is 3.83. The van der Waals surface area contributed by atoms with Crippen LogP contribution in [-0.2, 0) is 0 Å². The lowest BCUT2D eigenvalue weighted by Crippen LogP contribution is -2.28. The number of rotatable bonds is 5. The molecule has 6 heteroatoms. The molecule has 0 spiro atoms. The van der Waals surface area contributed by atoms with Gasteiger partial charge in [0.2, 0.25) is 0 Å². The summed E-state index contributed by atoms with van der Waals surface area (Å²) in [6.07, 6.45) is 2.35. The van der Waals surface area contributed by atoms with Crippen molar-refractivity contribution in [3.05, 3.63) is 83.1 Å². The number of carbonyl (C=O) groups is 1. The number of hydrogen-bond acceptors (Lipinski definition) is 3. The fourth-order valence-corrected chi connectivity index (χ4v) is 2.38. The van der Waals surface area contributed by atoms with E-state index in [0.29, 0.717) is 16.1 Å². The fourth-order valence-electron chi connectivity index (χ4n) is 2.26. The largest absolute Gasteiger partial charge is 0.387 e. The Labute approximate surface area is 144 Å². The number of hydrogen-bond donors (Lipinski definition) is 2. The molecule has 1 unspecified atom stereocenters. The molecule has 1 amide bonds. The van der Waals surface area contributed by atoms with Crippen molar-refractivity contribution in [3.8, 4) is 5.69 Å². The van der Waals surface area contributed by atoms with Crippen LogP contribution in [0.5, 0.6) is 0 Å². The molecular weight excluding hydrogens is 326 g/mol. The Hall–Kier alpha value is -2.63. The van der Waals surface area contributed by atoms with Crippen LogP contribution in [0, 0.1) is 0 Å². The molecule has 2 aromatic carbocycles. The molecule has 0 fully saturated rings. The van der Waals surface area contributed by atoms with E-state index < -0.39 is 6.10 Å². The van der Waals surface area contributed by atoms with Crippen LogP contribution in [0.1, 0.15) is 22.0 Å². The first-order valence-corrected chi connectivity index (χ1v) is 7.83. The lowest BCUT2D eigenvalue weighted by Gasteiger charge is -2.11. The third-order valence-electron chi connectivity index (χ3n) is 3.58. The maximum absolute atomic E-state index is 12.2. The van der Waals surface area contributed by atoms with Crippen LogP contribution >= 0.6 is 11.6 Å². The summed E-state index contributed by atoms with van der Waals surface area (Å²) in [7, 11) is 0. The molecule has 0 saturated carbocycles. The SMILES string of the molecule is O=C(NCC(O)c1ccc(Cl)cc1)c1cnn(-c2ccccc2)c1. The van der Waals surface area contributed by atoms with Crippen molar-refractivity contribution in [2.45, 2.75) is 6.10 Å². The van der Waals surface area contributed by atoms with Gasteiger partial charge in [0.25, 0.3) is 5.91 Å². The van der Waals surface area contributed by atoms with Gasteiger partial charge in [-0.1, -0.05) is 41.9 Å². The standard InChI is InChI=1S/C18H16ClN3O2/c19-15-8-6-13(7-9-15)17(23)11-20-18(24)14-10-21-22(12-14)16-4-2-1-3-5-16/h1-10,12,17,23H,11H2,(H,20,24). The highest BCUT2D eigenvalue weighted by atomic mass is 35.5. The first kappa shape index (κ1) is 16.2. The van der Waals surface area contributed by atoms with E-state index in [1.165, 1.54) is 6.20 Å². The van der Waals surface area contributed by atoms with E-state index in [0.717, 1.165) is 5.69 Å². The molecule has 122 valence electrons. The first-order valence-electron chi connectivity index (χ1n) is 7.45. The quantitative estimate of drug-likeness (QED) is 0.749. The summed E-state index contributed by atoms with van der Waals surface area (Å²) in [5.41, 5.74) is 2.00. The number of halogens is 1. The van der Waals surface area contributed by atoms with Crippen LogP contribution in [0.15, 0.2) is 67.0 Å². The molecule has 24 heavy (non-hydrogen) atoms. The van der Waals surface area contributed by atoms with Crippen LogP contribution in [0.2, 0.25) is 5.02 Å². The maximum atomic E-state index is 12.2. The van der Waals surface area contributed by atoms with E-state index in [-0.39, 0.29) is 12.5 Å². The molecule has 2 N–H and O–H groups in total. The smallest absolute Gasteiger partial charge is 0.254 e. The Morgan fingerprint density at radius 1 is 1.17 bits per heavy atom. The maximum Gasteiger partial charge on any atom is 0.254 e. The van der Waals surface area contributed by atoms with Crippen molar-refractivity contribution >= 4 is 17.5 Å². The number of para-hydroxylation sites is 1. The number of aliphatic hydroxyl groups is 1. The molecule has 3 rings (SSSR count). The van der Waals surface area contributed by atoms with Gasteiger partial charge in [-0.15, -0.1) is 0 Å². The summed E-state index contributed by atoms with van der Waals surface area (Å²) in [6, 6.07) is 16.4. The predicted molar refractivity (Wildman–Crippen MR) is 92.3 cm³/mol. The average molecular weight is 342 g/mol. The second kappa shape index (κ2) is 7.29. The number of carbonyl (C=O) groups excluding carboxylic acids is 1. The summed E-state index contributed by atoms with van der Waals surface area (Å²) in [5, 5.41) is 17.6. The summed E-state index contributed by atoms with van der Waals surface area (Å²) in [5.74, 6) is -0.287. The predicted octanol–water partition coefficient (Wildman–Crippen LogP) is 2.99. The molecule has 0 aliphatic rings. The van der Waals surface area contributed by atoms with Crippen LogP contribution in [0.3, 0.4) is 0 Å². The topological polar surface area (TPSA) is 67.2 Å². The van der Waals surface area contributed by atoms with Gasteiger partial charge in [0.1, 0.15) is 0 Å². The Bertz CT molecular complexity index is 816. The molecule has 0 aliphatic carbocycles. The highest BCUT2D eigenvalue weighted by Crippen LogP contribution is 2.16. The zero-order valence-electron chi connectivity index (χ0n) is 12.8. The van der Waals surface area contributed by atoms with E-state index in [1.54, 1.807) is 35.1 Å². The number of nitrogens with one attached hydrogen (secondary N) is 1. The molecule has 1 atom stereocenters. The van der Waals surface area contributed by atoms with Gasteiger partial charge in [0.05, 0.1) is 23.6 Å². The van der Waals surface area contributed by atoms with Crippen LogP contribution in [0.4, 0.5) is 0 Å². The Balaban J connectivity index is 1.61. The van der Waals surface area contributed by atoms with Gasteiger partial charge >= 0.3 is 0 Å². The van der Waals surface area contributed by atoms with Crippen molar-refractivity contribution in [2.24, 2.45) is 0 Å². The average Bonchev–Trinajstić information content (AvgIpc) is 3.11. The number of benzene rings is 2. The van der Waals surface area contributed by atoms with Crippen molar-refractivity contribution < 1.29 is 9.90 Å². The minimum Gasteiger partial charge on any atom is -0.387 e. The van der Waals surface area contributed by atoms with Gasteiger partial charge in [0.15, 0.2) is 0 Å². The molecule has 1 aromatic heterocycles. The second-order valence-corrected chi connectivity index (χ2v) is 5.72. The van der Waals surface area contributed by atoms with E-state index in [4.69, 9.17) is 11.6 Å². The Morgan fingerprint density at radius 2 is 1.88 bits per heavy atom. The zero-order chi connectivity index (χ0) is 16.9. The monoisotopic (exact) mass is 341 g/mol. The van der Waals surface area contributed by atoms with Crippen molar-refractivity contribution in [1.29, 1.82) is 0 Å². The van der Waals surface area contributed by atoms with Gasteiger partial charge in [0, 0.05) is 17.8 Å². The molecule has 0 saturated heterocycles. The van der Waals surface area contributed by atoms with Crippen LogP contribution in [-0.4, -0.2) is 27.3 Å². The van der Waals surface area contributed by atoms with Gasteiger partial charge in [-0.3, -0.25) is 4.79 Å². The lowest BCUT2D eigenvalue weighted by atomic mass is 10.1. The van der Waals surface area contributed by atoms with Gasteiger partial charge in [-0.2, -0.15) is 5.10 Å². The molecule has 0 radical (unpaired) electrons. The highest BCUT2D eigenvalue weighted by molar-refractivity contribution is 6.30. The number of nitrogens with zero attached hydrogens (tertiary/aromatic N) is 2. The summed E-state index contributed by atoms with van der Waals surface area (Å²) in [6.45, 7) is 0.108.